The van der Waals surface area contributed by atoms with Crippen LogP contribution in [0.15, 0.2) is 54.7 Å². The van der Waals surface area contributed by atoms with E-state index in [0.717, 1.165) is 16.9 Å². The fraction of sp³-hybridized carbons (Fsp3) is 0.200. The van der Waals surface area contributed by atoms with Gasteiger partial charge in [0.15, 0.2) is 5.69 Å². The SMILES string of the molecule is C[C@@H](NC(=O)c1cccc(N(C)C)c1)c1ccc(-n2cc(C(N)=O)nn2)cc1. The lowest BCUT2D eigenvalue weighted by atomic mass is 10.1. The zero-order valence-corrected chi connectivity index (χ0v) is 16.0. The number of anilines is 1. The molecular weight excluding hydrogens is 356 g/mol. The molecular formula is C20H22N6O2. The molecule has 1 aromatic heterocycles. The van der Waals surface area contributed by atoms with E-state index in [1.165, 1.54) is 10.9 Å². The van der Waals surface area contributed by atoms with Crippen molar-refractivity contribution in [3.05, 3.63) is 71.5 Å². The number of amides is 2. The van der Waals surface area contributed by atoms with Gasteiger partial charge in [0.1, 0.15) is 0 Å². The van der Waals surface area contributed by atoms with E-state index in [4.69, 9.17) is 5.73 Å². The van der Waals surface area contributed by atoms with Crippen LogP contribution in [0.4, 0.5) is 5.69 Å². The fourth-order valence-corrected chi connectivity index (χ4v) is 2.71. The Balaban J connectivity index is 1.70. The summed E-state index contributed by atoms with van der Waals surface area (Å²) >= 11 is 0. The zero-order chi connectivity index (χ0) is 20.3. The summed E-state index contributed by atoms with van der Waals surface area (Å²) in [6.45, 7) is 1.92. The first-order valence-electron chi connectivity index (χ1n) is 8.76. The monoisotopic (exact) mass is 378 g/mol. The number of nitrogens with zero attached hydrogens (tertiary/aromatic N) is 4. The zero-order valence-electron chi connectivity index (χ0n) is 16.0. The van der Waals surface area contributed by atoms with Crippen LogP contribution in [-0.4, -0.2) is 40.9 Å². The van der Waals surface area contributed by atoms with Gasteiger partial charge in [-0.3, -0.25) is 9.59 Å². The third kappa shape index (κ3) is 4.17. The molecule has 0 unspecified atom stereocenters. The van der Waals surface area contributed by atoms with Crippen molar-refractivity contribution in [1.82, 2.24) is 20.3 Å². The van der Waals surface area contributed by atoms with Crippen molar-refractivity contribution in [2.24, 2.45) is 5.73 Å². The van der Waals surface area contributed by atoms with E-state index >= 15 is 0 Å². The fourth-order valence-electron chi connectivity index (χ4n) is 2.71. The van der Waals surface area contributed by atoms with Crippen molar-refractivity contribution in [2.75, 3.05) is 19.0 Å². The molecule has 0 aliphatic heterocycles. The first-order chi connectivity index (χ1) is 13.3. The maximum Gasteiger partial charge on any atom is 0.270 e. The number of hydrogen-bond acceptors (Lipinski definition) is 5. The average Bonchev–Trinajstić information content (AvgIpc) is 3.18. The molecule has 28 heavy (non-hydrogen) atoms. The number of hydrogen-bond donors (Lipinski definition) is 2. The highest BCUT2D eigenvalue weighted by Gasteiger charge is 2.13. The summed E-state index contributed by atoms with van der Waals surface area (Å²) in [6.07, 6.45) is 1.47. The Kier molecular flexibility index (Phi) is 5.39. The van der Waals surface area contributed by atoms with Crippen LogP contribution in [0.1, 0.15) is 39.4 Å². The van der Waals surface area contributed by atoms with Gasteiger partial charge in [0.2, 0.25) is 0 Å². The molecule has 2 amide bonds. The van der Waals surface area contributed by atoms with Crippen LogP contribution in [0.5, 0.6) is 0 Å². The van der Waals surface area contributed by atoms with Crippen molar-refractivity contribution >= 4 is 17.5 Å². The normalized spacial score (nSPS) is 11.7. The Hall–Kier alpha value is -3.68. The number of carbonyl (C=O) groups is 2. The lowest BCUT2D eigenvalue weighted by molar-refractivity contribution is 0.0938. The van der Waals surface area contributed by atoms with E-state index in [-0.39, 0.29) is 17.6 Å². The number of nitrogens with two attached hydrogens (primary N) is 1. The van der Waals surface area contributed by atoms with Crippen LogP contribution < -0.4 is 16.0 Å². The molecule has 2 aromatic carbocycles. The smallest absolute Gasteiger partial charge is 0.270 e. The molecule has 8 nitrogen and oxygen atoms in total. The number of benzene rings is 2. The van der Waals surface area contributed by atoms with Gasteiger partial charge >= 0.3 is 0 Å². The maximum atomic E-state index is 12.6. The molecule has 0 radical (unpaired) electrons. The second-order valence-corrected chi connectivity index (χ2v) is 6.64. The third-order valence-electron chi connectivity index (χ3n) is 4.38. The van der Waals surface area contributed by atoms with Crippen molar-refractivity contribution in [3.8, 4) is 5.69 Å². The number of aromatic nitrogens is 3. The number of carbonyl (C=O) groups excluding carboxylic acids is 2. The van der Waals surface area contributed by atoms with Crippen LogP contribution in [0.3, 0.4) is 0 Å². The minimum absolute atomic E-state index is 0.102. The Morgan fingerprint density at radius 1 is 1.14 bits per heavy atom. The maximum absolute atomic E-state index is 12.6. The summed E-state index contributed by atoms with van der Waals surface area (Å²) in [5.41, 5.74) is 8.54. The van der Waals surface area contributed by atoms with Crippen LogP contribution >= 0.6 is 0 Å². The first-order valence-corrected chi connectivity index (χ1v) is 8.76. The summed E-state index contributed by atoms with van der Waals surface area (Å²) in [5.74, 6) is -0.764. The summed E-state index contributed by atoms with van der Waals surface area (Å²) in [5, 5.41) is 10.6. The predicted octanol–water partition coefficient (Wildman–Crippen LogP) is 1.92. The highest BCUT2D eigenvalue weighted by molar-refractivity contribution is 5.95. The Morgan fingerprint density at radius 3 is 2.46 bits per heavy atom. The minimum atomic E-state index is -0.627. The number of nitrogens with one attached hydrogen (secondary N) is 1. The predicted molar refractivity (Wildman–Crippen MR) is 107 cm³/mol. The van der Waals surface area contributed by atoms with Crippen LogP contribution in [0.2, 0.25) is 0 Å². The largest absolute Gasteiger partial charge is 0.378 e. The van der Waals surface area contributed by atoms with E-state index in [1.807, 2.05) is 68.4 Å². The molecule has 8 heteroatoms. The van der Waals surface area contributed by atoms with E-state index in [9.17, 15) is 9.59 Å². The van der Waals surface area contributed by atoms with Gasteiger partial charge in [0.05, 0.1) is 17.9 Å². The van der Waals surface area contributed by atoms with E-state index in [0.29, 0.717) is 5.56 Å². The number of primary amides is 1. The highest BCUT2D eigenvalue weighted by atomic mass is 16.2. The van der Waals surface area contributed by atoms with E-state index in [1.54, 1.807) is 6.07 Å². The van der Waals surface area contributed by atoms with Gasteiger partial charge < -0.3 is 16.0 Å². The second kappa shape index (κ2) is 7.91. The molecule has 0 aliphatic carbocycles. The lowest BCUT2D eigenvalue weighted by Gasteiger charge is -2.17. The molecule has 1 atom stereocenters. The molecule has 0 saturated heterocycles. The Morgan fingerprint density at radius 2 is 1.86 bits per heavy atom. The quantitative estimate of drug-likeness (QED) is 0.682. The summed E-state index contributed by atoms with van der Waals surface area (Å²) in [7, 11) is 3.87. The average molecular weight is 378 g/mol. The summed E-state index contributed by atoms with van der Waals surface area (Å²) < 4.78 is 1.47. The number of rotatable bonds is 6. The van der Waals surface area contributed by atoms with E-state index in [2.05, 4.69) is 15.6 Å². The molecule has 0 fully saturated rings. The third-order valence-corrected chi connectivity index (χ3v) is 4.38. The van der Waals surface area contributed by atoms with Crippen molar-refractivity contribution < 1.29 is 9.59 Å². The van der Waals surface area contributed by atoms with Gasteiger partial charge in [-0.15, -0.1) is 5.10 Å². The Labute approximate surface area is 163 Å². The van der Waals surface area contributed by atoms with Gasteiger partial charge in [0, 0.05) is 25.3 Å². The lowest BCUT2D eigenvalue weighted by Crippen LogP contribution is -2.26. The van der Waals surface area contributed by atoms with Gasteiger partial charge in [-0.1, -0.05) is 23.4 Å². The molecule has 144 valence electrons. The molecule has 3 aromatic rings. The standard InChI is InChI=1S/C20H22N6O2/c1-13(22-20(28)15-5-4-6-17(11-15)25(2)3)14-7-9-16(10-8-14)26-12-18(19(21)27)23-24-26/h4-13H,1-3H3,(H2,21,27)(H,22,28)/t13-/m1/s1. The summed E-state index contributed by atoms with van der Waals surface area (Å²) in [6, 6.07) is 14.7. The van der Waals surface area contributed by atoms with Gasteiger partial charge in [-0.05, 0) is 42.8 Å². The van der Waals surface area contributed by atoms with Crippen LogP contribution in [0.25, 0.3) is 5.69 Å². The topological polar surface area (TPSA) is 106 Å². The van der Waals surface area contributed by atoms with Gasteiger partial charge in [0.25, 0.3) is 11.8 Å². The molecule has 0 spiro atoms. The minimum Gasteiger partial charge on any atom is -0.378 e. The highest BCUT2D eigenvalue weighted by Crippen LogP contribution is 2.18. The van der Waals surface area contributed by atoms with Crippen LogP contribution in [0, 0.1) is 0 Å². The van der Waals surface area contributed by atoms with Crippen molar-refractivity contribution in [3.63, 3.8) is 0 Å². The van der Waals surface area contributed by atoms with Crippen molar-refractivity contribution in [1.29, 1.82) is 0 Å². The van der Waals surface area contributed by atoms with Gasteiger partial charge in [-0.25, -0.2) is 4.68 Å². The molecule has 0 saturated carbocycles. The Bertz CT molecular complexity index is 994. The molecule has 0 bridgehead atoms. The van der Waals surface area contributed by atoms with Gasteiger partial charge in [-0.2, -0.15) is 0 Å². The molecule has 0 aliphatic rings. The first kappa shape index (κ1) is 19.1. The van der Waals surface area contributed by atoms with Crippen LogP contribution in [-0.2, 0) is 0 Å². The second-order valence-electron chi connectivity index (χ2n) is 6.64. The summed E-state index contributed by atoms with van der Waals surface area (Å²) in [4.78, 5) is 25.6. The molecule has 1 heterocycles. The van der Waals surface area contributed by atoms with Crippen molar-refractivity contribution in [2.45, 2.75) is 13.0 Å². The van der Waals surface area contributed by atoms with E-state index < -0.39 is 5.91 Å². The molecule has 3 N–H and O–H groups in total. The molecule has 3 rings (SSSR count).